The minimum absolute atomic E-state index is 0.0815. The molecule has 0 bridgehead atoms. The first-order valence-electron chi connectivity index (χ1n) is 5.78. The molecule has 1 atom stereocenters. The lowest BCUT2D eigenvalue weighted by molar-refractivity contribution is 0.465. The standard InChI is InChI=1S/C15H17NO/c1-11-8-9-14(15(17)10-11)12(2)16-13-6-4-3-5-7-13/h3-10,12,16-17H,1-2H3. The van der Waals surface area contributed by atoms with E-state index in [0.29, 0.717) is 5.75 Å². The van der Waals surface area contributed by atoms with Gasteiger partial charge in [-0.15, -0.1) is 0 Å². The maximum Gasteiger partial charge on any atom is 0.121 e. The van der Waals surface area contributed by atoms with E-state index >= 15 is 0 Å². The van der Waals surface area contributed by atoms with Crippen LogP contribution in [0, 0.1) is 6.92 Å². The van der Waals surface area contributed by atoms with Crippen LogP contribution in [0.1, 0.15) is 24.1 Å². The van der Waals surface area contributed by atoms with E-state index in [-0.39, 0.29) is 6.04 Å². The van der Waals surface area contributed by atoms with Gasteiger partial charge in [-0.25, -0.2) is 0 Å². The van der Waals surface area contributed by atoms with Gasteiger partial charge >= 0.3 is 0 Å². The van der Waals surface area contributed by atoms with Gasteiger partial charge in [0.1, 0.15) is 5.75 Å². The van der Waals surface area contributed by atoms with Gasteiger partial charge < -0.3 is 10.4 Å². The fourth-order valence-corrected chi connectivity index (χ4v) is 1.88. The Hall–Kier alpha value is -1.96. The number of para-hydroxylation sites is 1. The normalized spacial score (nSPS) is 12.1. The maximum atomic E-state index is 9.90. The van der Waals surface area contributed by atoms with Crippen LogP contribution in [0.15, 0.2) is 48.5 Å². The molecular formula is C15H17NO. The lowest BCUT2D eigenvalue weighted by Gasteiger charge is -2.17. The van der Waals surface area contributed by atoms with E-state index in [0.717, 1.165) is 16.8 Å². The van der Waals surface area contributed by atoms with Gasteiger partial charge in [-0.2, -0.15) is 0 Å². The lowest BCUT2D eigenvalue weighted by atomic mass is 10.0. The summed E-state index contributed by atoms with van der Waals surface area (Å²) in [6.07, 6.45) is 0. The molecule has 2 aromatic carbocycles. The monoisotopic (exact) mass is 227 g/mol. The fraction of sp³-hybridized carbons (Fsp3) is 0.200. The average molecular weight is 227 g/mol. The summed E-state index contributed by atoms with van der Waals surface area (Å²) in [7, 11) is 0. The maximum absolute atomic E-state index is 9.90. The number of aryl methyl sites for hydroxylation is 1. The van der Waals surface area contributed by atoms with Gasteiger partial charge in [-0.3, -0.25) is 0 Å². The molecule has 2 nitrogen and oxygen atoms in total. The van der Waals surface area contributed by atoms with Crippen molar-refractivity contribution in [2.75, 3.05) is 5.32 Å². The van der Waals surface area contributed by atoms with Crippen LogP contribution in [0.3, 0.4) is 0 Å². The number of phenolic OH excluding ortho intramolecular Hbond substituents is 1. The smallest absolute Gasteiger partial charge is 0.121 e. The van der Waals surface area contributed by atoms with Crippen LogP contribution in [-0.4, -0.2) is 5.11 Å². The molecule has 0 aromatic heterocycles. The molecule has 0 amide bonds. The molecule has 1 unspecified atom stereocenters. The third-order valence-electron chi connectivity index (χ3n) is 2.81. The van der Waals surface area contributed by atoms with Gasteiger partial charge in [0, 0.05) is 11.3 Å². The first-order chi connectivity index (χ1) is 8.16. The Morgan fingerprint density at radius 2 is 1.76 bits per heavy atom. The number of hydrogen-bond acceptors (Lipinski definition) is 2. The van der Waals surface area contributed by atoms with Crippen molar-refractivity contribution in [1.82, 2.24) is 0 Å². The first-order valence-corrected chi connectivity index (χ1v) is 5.78. The topological polar surface area (TPSA) is 32.3 Å². The van der Waals surface area contributed by atoms with E-state index in [1.165, 1.54) is 0 Å². The number of nitrogens with one attached hydrogen (secondary N) is 1. The summed E-state index contributed by atoms with van der Waals surface area (Å²) in [6.45, 7) is 4.01. The van der Waals surface area contributed by atoms with Gasteiger partial charge in [-0.1, -0.05) is 30.3 Å². The summed E-state index contributed by atoms with van der Waals surface area (Å²) in [4.78, 5) is 0. The summed E-state index contributed by atoms with van der Waals surface area (Å²) < 4.78 is 0. The highest BCUT2D eigenvalue weighted by atomic mass is 16.3. The van der Waals surface area contributed by atoms with E-state index in [1.54, 1.807) is 6.07 Å². The average Bonchev–Trinajstić information content (AvgIpc) is 2.30. The van der Waals surface area contributed by atoms with E-state index < -0.39 is 0 Å². The van der Waals surface area contributed by atoms with E-state index in [2.05, 4.69) is 5.32 Å². The second-order valence-corrected chi connectivity index (χ2v) is 4.29. The van der Waals surface area contributed by atoms with Crippen LogP contribution in [0.4, 0.5) is 5.69 Å². The van der Waals surface area contributed by atoms with E-state index in [1.807, 2.05) is 56.3 Å². The minimum atomic E-state index is 0.0815. The Bertz CT molecular complexity index is 494. The molecule has 88 valence electrons. The SMILES string of the molecule is Cc1ccc(C(C)Nc2ccccc2)c(O)c1. The molecule has 2 N–H and O–H groups in total. The Kier molecular flexibility index (Phi) is 3.33. The number of phenols is 1. The molecule has 0 fully saturated rings. The Labute approximate surface area is 102 Å². The van der Waals surface area contributed by atoms with Crippen molar-refractivity contribution in [3.63, 3.8) is 0 Å². The highest BCUT2D eigenvalue weighted by Crippen LogP contribution is 2.27. The molecule has 2 rings (SSSR count). The second kappa shape index (κ2) is 4.91. The number of hydrogen-bond donors (Lipinski definition) is 2. The van der Waals surface area contributed by atoms with Gasteiger partial charge in [0.15, 0.2) is 0 Å². The summed E-state index contributed by atoms with van der Waals surface area (Å²) in [5.41, 5.74) is 3.04. The van der Waals surface area contributed by atoms with Crippen molar-refractivity contribution < 1.29 is 5.11 Å². The predicted octanol–water partition coefficient (Wildman–Crippen LogP) is 3.87. The van der Waals surface area contributed by atoms with E-state index in [9.17, 15) is 5.11 Å². The molecule has 2 aromatic rings. The molecule has 0 heterocycles. The zero-order valence-electron chi connectivity index (χ0n) is 10.1. The zero-order valence-corrected chi connectivity index (χ0v) is 10.1. The van der Waals surface area contributed by atoms with Gasteiger partial charge in [0.25, 0.3) is 0 Å². The predicted molar refractivity (Wildman–Crippen MR) is 71.3 cm³/mol. The van der Waals surface area contributed by atoms with Crippen LogP contribution >= 0.6 is 0 Å². The Morgan fingerprint density at radius 3 is 2.41 bits per heavy atom. The summed E-state index contributed by atoms with van der Waals surface area (Å²) in [6, 6.07) is 15.8. The Balaban J connectivity index is 2.17. The molecule has 17 heavy (non-hydrogen) atoms. The highest BCUT2D eigenvalue weighted by Gasteiger charge is 2.09. The highest BCUT2D eigenvalue weighted by molar-refractivity contribution is 5.47. The molecular weight excluding hydrogens is 210 g/mol. The molecule has 0 saturated carbocycles. The van der Waals surface area contributed by atoms with Crippen LogP contribution in [0.5, 0.6) is 5.75 Å². The van der Waals surface area contributed by atoms with Crippen molar-refractivity contribution in [2.24, 2.45) is 0 Å². The second-order valence-electron chi connectivity index (χ2n) is 4.29. The molecule has 0 aliphatic rings. The van der Waals surface area contributed by atoms with Gasteiger partial charge in [-0.05, 0) is 37.6 Å². The number of aromatic hydroxyl groups is 1. The quantitative estimate of drug-likeness (QED) is 0.834. The fourth-order valence-electron chi connectivity index (χ4n) is 1.88. The first kappa shape index (κ1) is 11.5. The van der Waals surface area contributed by atoms with Crippen molar-refractivity contribution in [3.05, 3.63) is 59.7 Å². The molecule has 0 spiro atoms. The van der Waals surface area contributed by atoms with E-state index in [4.69, 9.17) is 0 Å². The summed E-state index contributed by atoms with van der Waals surface area (Å²) in [5.74, 6) is 0.348. The molecule has 0 aliphatic heterocycles. The Morgan fingerprint density at radius 1 is 1.06 bits per heavy atom. The van der Waals surface area contributed by atoms with Gasteiger partial charge in [0.2, 0.25) is 0 Å². The lowest BCUT2D eigenvalue weighted by Crippen LogP contribution is -2.06. The van der Waals surface area contributed by atoms with Crippen molar-refractivity contribution in [1.29, 1.82) is 0 Å². The van der Waals surface area contributed by atoms with Crippen LogP contribution in [-0.2, 0) is 0 Å². The number of rotatable bonds is 3. The number of anilines is 1. The van der Waals surface area contributed by atoms with Crippen molar-refractivity contribution in [2.45, 2.75) is 19.9 Å². The summed E-state index contributed by atoms with van der Waals surface area (Å²) >= 11 is 0. The third kappa shape index (κ3) is 2.78. The number of benzene rings is 2. The molecule has 0 radical (unpaired) electrons. The van der Waals surface area contributed by atoms with Crippen molar-refractivity contribution >= 4 is 5.69 Å². The molecule has 0 aliphatic carbocycles. The molecule has 2 heteroatoms. The van der Waals surface area contributed by atoms with Crippen molar-refractivity contribution in [3.8, 4) is 5.75 Å². The molecule has 0 saturated heterocycles. The van der Waals surface area contributed by atoms with Crippen LogP contribution in [0.2, 0.25) is 0 Å². The third-order valence-corrected chi connectivity index (χ3v) is 2.81. The zero-order chi connectivity index (χ0) is 12.3. The van der Waals surface area contributed by atoms with Crippen LogP contribution in [0.25, 0.3) is 0 Å². The minimum Gasteiger partial charge on any atom is -0.508 e. The van der Waals surface area contributed by atoms with Crippen LogP contribution < -0.4 is 5.32 Å². The summed E-state index contributed by atoms with van der Waals surface area (Å²) in [5, 5.41) is 13.3. The largest absolute Gasteiger partial charge is 0.508 e. The van der Waals surface area contributed by atoms with Gasteiger partial charge in [0.05, 0.1) is 6.04 Å².